The number of allylic oxidation sites excluding steroid dienone is 3. The summed E-state index contributed by atoms with van der Waals surface area (Å²) in [5.41, 5.74) is 2.40. The van der Waals surface area contributed by atoms with E-state index in [-0.39, 0.29) is 10.8 Å². The van der Waals surface area contributed by atoms with Crippen LogP contribution in [0.5, 0.6) is 0 Å². The van der Waals surface area contributed by atoms with Gasteiger partial charge in [-0.15, -0.1) is 0 Å². The molecular weight excluding hydrogens is 400 g/mol. The van der Waals surface area contributed by atoms with Crippen LogP contribution in [0, 0.1) is 22.7 Å². The first-order valence-corrected chi connectivity index (χ1v) is 13.1. The van der Waals surface area contributed by atoms with Crippen LogP contribution in [0.15, 0.2) is 23.3 Å². The van der Waals surface area contributed by atoms with Gasteiger partial charge in [0.05, 0.1) is 31.0 Å². The maximum absolute atomic E-state index is 10.6. The third kappa shape index (κ3) is 5.68. The van der Waals surface area contributed by atoms with Crippen LogP contribution in [0.2, 0.25) is 0 Å². The monoisotopic (exact) mass is 448 g/mol. The van der Waals surface area contributed by atoms with E-state index in [0.717, 1.165) is 12.8 Å². The molecular formula is C28H48O4. The first-order chi connectivity index (χ1) is 15.0. The summed E-state index contributed by atoms with van der Waals surface area (Å²) in [4.78, 5) is 0. The van der Waals surface area contributed by atoms with Crippen LogP contribution in [0.3, 0.4) is 0 Å². The molecule has 0 heterocycles. The summed E-state index contributed by atoms with van der Waals surface area (Å²) in [6, 6.07) is 0. The summed E-state index contributed by atoms with van der Waals surface area (Å²) in [5, 5.41) is 30.6. The van der Waals surface area contributed by atoms with Crippen LogP contribution in [0.4, 0.5) is 0 Å². The highest BCUT2D eigenvalue weighted by Gasteiger charge is 2.54. The number of rotatable bonds is 8. The number of hydrogen-bond acceptors (Lipinski definition) is 4. The van der Waals surface area contributed by atoms with E-state index in [9.17, 15) is 15.3 Å². The van der Waals surface area contributed by atoms with Gasteiger partial charge in [0.15, 0.2) is 0 Å². The molecule has 0 aromatic carbocycles. The van der Waals surface area contributed by atoms with E-state index in [1.807, 2.05) is 13.8 Å². The van der Waals surface area contributed by atoms with Crippen molar-refractivity contribution in [1.82, 2.24) is 0 Å². The highest BCUT2D eigenvalue weighted by Crippen LogP contribution is 2.62. The summed E-state index contributed by atoms with van der Waals surface area (Å²) >= 11 is 0. The van der Waals surface area contributed by atoms with Crippen LogP contribution >= 0.6 is 0 Å². The Balaban J connectivity index is 1.69. The Labute approximate surface area is 196 Å². The quantitative estimate of drug-likeness (QED) is 0.455. The lowest BCUT2D eigenvalue weighted by Crippen LogP contribution is -2.43. The largest absolute Gasteiger partial charge is 0.393 e. The Morgan fingerprint density at radius 2 is 1.69 bits per heavy atom. The molecule has 0 aromatic rings. The zero-order chi connectivity index (χ0) is 23.6. The van der Waals surface area contributed by atoms with Crippen molar-refractivity contribution in [2.75, 3.05) is 13.2 Å². The molecule has 0 amide bonds. The Morgan fingerprint density at radius 3 is 2.31 bits per heavy atom. The van der Waals surface area contributed by atoms with Crippen molar-refractivity contribution < 1.29 is 20.1 Å². The lowest BCUT2D eigenvalue weighted by molar-refractivity contribution is -0.0863. The van der Waals surface area contributed by atoms with Gasteiger partial charge < -0.3 is 20.1 Å². The predicted molar refractivity (Wildman–Crippen MR) is 130 cm³/mol. The highest BCUT2D eigenvalue weighted by atomic mass is 16.5. The van der Waals surface area contributed by atoms with E-state index < -0.39 is 17.8 Å². The molecule has 0 spiro atoms. The lowest BCUT2D eigenvalue weighted by Gasteiger charge is -2.48. The fourth-order valence-corrected chi connectivity index (χ4v) is 7.11. The highest BCUT2D eigenvalue weighted by molar-refractivity contribution is 5.26. The maximum atomic E-state index is 10.6. The molecule has 3 rings (SSSR count). The predicted octanol–water partition coefficient (Wildman–Crippen LogP) is 5.56. The second kappa shape index (κ2) is 10.3. The number of hydrogen-bond donors (Lipinski definition) is 3. The molecule has 0 aliphatic heterocycles. The van der Waals surface area contributed by atoms with Crippen LogP contribution in [0.25, 0.3) is 0 Å². The summed E-state index contributed by atoms with van der Waals surface area (Å²) in [5.74, 6) is 1.21. The standard InChI is InChI=1S/C28H48O4/c1-6-28(31,7-2)19-32-18-26(3,4)25-13-12-24-21(9-8-14-27(24,25)5)11-10-20-15-22(29)17-23(30)16-20/h10-11,22-25,29-31H,6-9,12-19H2,1-5H3/t22-,23-,24+,25-,27+/m1/s1. The van der Waals surface area contributed by atoms with Crippen molar-refractivity contribution in [1.29, 1.82) is 0 Å². The zero-order valence-corrected chi connectivity index (χ0v) is 21.2. The van der Waals surface area contributed by atoms with Gasteiger partial charge in [-0.3, -0.25) is 0 Å². The molecule has 32 heavy (non-hydrogen) atoms. The van der Waals surface area contributed by atoms with E-state index in [1.165, 1.54) is 37.7 Å². The fraction of sp³-hybridized carbons (Fsp3) is 0.857. The summed E-state index contributed by atoms with van der Waals surface area (Å²) in [6.07, 6.45) is 13.2. The minimum Gasteiger partial charge on any atom is -0.393 e. The number of fused-ring (bicyclic) bond motifs is 1. The number of aliphatic hydroxyl groups is 3. The van der Waals surface area contributed by atoms with Gasteiger partial charge in [-0.2, -0.15) is 0 Å². The minimum absolute atomic E-state index is 0.0738. The van der Waals surface area contributed by atoms with Gasteiger partial charge in [0.25, 0.3) is 0 Å². The van der Waals surface area contributed by atoms with Gasteiger partial charge in [-0.25, -0.2) is 0 Å². The van der Waals surface area contributed by atoms with Gasteiger partial charge in [-0.05, 0) is 86.9 Å². The normalized spacial score (nSPS) is 35.2. The third-order valence-corrected chi connectivity index (χ3v) is 9.14. The van der Waals surface area contributed by atoms with E-state index in [0.29, 0.717) is 44.3 Å². The number of ether oxygens (including phenoxy) is 1. The third-order valence-electron chi connectivity index (χ3n) is 9.14. The second-order valence-electron chi connectivity index (χ2n) is 12.0. The molecule has 0 saturated heterocycles. The van der Waals surface area contributed by atoms with Gasteiger partial charge in [-0.1, -0.05) is 57.9 Å². The lowest BCUT2D eigenvalue weighted by atomic mass is 9.58. The van der Waals surface area contributed by atoms with Crippen LogP contribution < -0.4 is 0 Å². The maximum Gasteiger partial charge on any atom is 0.0874 e. The first-order valence-electron chi connectivity index (χ1n) is 13.1. The number of aliphatic hydroxyl groups excluding tert-OH is 2. The van der Waals surface area contributed by atoms with Gasteiger partial charge >= 0.3 is 0 Å². The zero-order valence-electron chi connectivity index (χ0n) is 21.2. The molecule has 5 atom stereocenters. The van der Waals surface area contributed by atoms with Gasteiger partial charge in [0.1, 0.15) is 0 Å². The molecule has 3 fully saturated rings. The summed E-state index contributed by atoms with van der Waals surface area (Å²) in [6.45, 7) is 12.4. The Kier molecular flexibility index (Phi) is 8.34. The van der Waals surface area contributed by atoms with Crippen molar-refractivity contribution in [3.63, 3.8) is 0 Å². The summed E-state index contributed by atoms with van der Waals surface area (Å²) < 4.78 is 6.13. The smallest absolute Gasteiger partial charge is 0.0874 e. The van der Waals surface area contributed by atoms with E-state index >= 15 is 0 Å². The topological polar surface area (TPSA) is 69.9 Å². The molecule has 3 aliphatic rings. The minimum atomic E-state index is -0.702. The van der Waals surface area contributed by atoms with Gasteiger partial charge in [0.2, 0.25) is 0 Å². The molecule has 3 N–H and O–H groups in total. The second-order valence-corrected chi connectivity index (χ2v) is 12.0. The molecule has 184 valence electrons. The van der Waals surface area contributed by atoms with Crippen molar-refractivity contribution in [3.05, 3.63) is 23.3 Å². The Bertz CT molecular complexity index is 678. The van der Waals surface area contributed by atoms with Crippen LogP contribution in [-0.2, 0) is 4.74 Å². The molecule has 0 bridgehead atoms. The average Bonchev–Trinajstić information content (AvgIpc) is 3.09. The molecule has 0 unspecified atom stereocenters. The van der Waals surface area contributed by atoms with E-state index in [2.05, 4.69) is 32.9 Å². The fourth-order valence-electron chi connectivity index (χ4n) is 7.11. The molecule has 4 heteroatoms. The van der Waals surface area contributed by atoms with Crippen molar-refractivity contribution in [2.24, 2.45) is 22.7 Å². The van der Waals surface area contributed by atoms with Crippen LogP contribution in [-0.4, -0.2) is 46.3 Å². The first kappa shape index (κ1) is 25.9. The average molecular weight is 449 g/mol. The molecule has 3 saturated carbocycles. The van der Waals surface area contributed by atoms with Crippen molar-refractivity contribution in [3.8, 4) is 0 Å². The Morgan fingerprint density at radius 1 is 1.03 bits per heavy atom. The van der Waals surface area contributed by atoms with E-state index in [1.54, 1.807) is 5.57 Å². The van der Waals surface area contributed by atoms with Gasteiger partial charge in [0, 0.05) is 0 Å². The summed E-state index contributed by atoms with van der Waals surface area (Å²) in [7, 11) is 0. The molecule has 0 aromatic heterocycles. The van der Waals surface area contributed by atoms with Crippen molar-refractivity contribution >= 4 is 0 Å². The molecule has 0 radical (unpaired) electrons. The van der Waals surface area contributed by atoms with Crippen molar-refractivity contribution in [2.45, 2.75) is 117 Å². The molecule has 3 aliphatic carbocycles. The van der Waals surface area contributed by atoms with E-state index in [4.69, 9.17) is 4.74 Å². The molecule has 4 nitrogen and oxygen atoms in total. The van der Waals surface area contributed by atoms with Crippen LogP contribution in [0.1, 0.15) is 98.8 Å². The SMILES string of the molecule is CCC(O)(CC)COCC(C)(C)[C@H]1CC[C@H]2C(=CC=C3C[C@@H](O)C[C@H](O)C3)CCC[C@]12C. The Hall–Kier alpha value is -0.680.